The zero-order valence-corrected chi connectivity index (χ0v) is 17.4. The van der Waals surface area contributed by atoms with Crippen LogP contribution in [0.25, 0.3) is 0 Å². The van der Waals surface area contributed by atoms with Crippen molar-refractivity contribution in [2.24, 2.45) is 23.7 Å². The Bertz CT molecular complexity index is 673. The third kappa shape index (κ3) is 6.44. The predicted molar refractivity (Wildman–Crippen MR) is 110 cm³/mol. The van der Waals surface area contributed by atoms with Gasteiger partial charge in [0.2, 0.25) is 5.91 Å². The lowest BCUT2D eigenvalue weighted by Crippen LogP contribution is -2.38. The molecule has 0 aliphatic heterocycles. The summed E-state index contributed by atoms with van der Waals surface area (Å²) in [5, 5.41) is 5.97. The number of pyridine rings is 1. The summed E-state index contributed by atoms with van der Waals surface area (Å²) < 4.78 is 4.98. The fourth-order valence-corrected chi connectivity index (χ4v) is 3.91. The molecule has 154 valence electrons. The van der Waals surface area contributed by atoms with E-state index >= 15 is 0 Å². The van der Waals surface area contributed by atoms with Crippen LogP contribution >= 0.6 is 0 Å². The molecule has 2 N–H and O–H groups in total. The van der Waals surface area contributed by atoms with E-state index in [2.05, 4.69) is 42.5 Å². The Morgan fingerprint density at radius 3 is 2.61 bits per heavy atom. The highest BCUT2D eigenvalue weighted by atomic mass is 16.5. The molecule has 1 aliphatic rings. The number of allylic oxidation sites excluding steroid dienone is 1. The summed E-state index contributed by atoms with van der Waals surface area (Å²) in [7, 11) is 1.63. The Balaban J connectivity index is 1.97. The molecule has 28 heavy (non-hydrogen) atoms. The first-order chi connectivity index (χ1) is 13.4. The molecular weight excluding hydrogens is 354 g/mol. The van der Waals surface area contributed by atoms with E-state index in [-0.39, 0.29) is 23.7 Å². The molecule has 3 atom stereocenters. The van der Waals surface area contributed by atoms with Gasteiger partial charge in [0, 0.05) is 44.6 Å². The highest BCUT2D eigenvalue weighted by molar-refractivity contribution is 5.93. The summed E-state index contributed by atoms with van der Waals surface area (Å²) in [6.07, 6.45) is 6.98. The van der Waals surface area contributed by atoms with Gasteiger partial charge in [-0.2, -0.15) is 0 Å². The van der Waals surface area contributed by atoms with Gasteiger partial charge in [0.1, 0.15) is 0 Å². The number of carbonyl (C=O) groups excluding carboxylic acids is 2. The van der Waals surface area contributed by atoms with Crippen LogP contribution in [0.5, 0.6) is 0 Å². The number of nitrogens with one attached hydrogen (secondary N) is 2. The van der Waals surface area contributed by atoms with Crippen molar-refractivity contribution in [2.75, 3.05) is 26.8 Å². The number of carbonyl (C=O) groups is 2. The number of hydrogen-bond acceptors (Lipinski definition) is 4. The van der Waals surface area contributed by atoms with Gasteiger partial charge in [0.25, 0.3) is 5.91 Å². The number of methoxy groups -OCH3 is 1. The van der Waals surface area contributed by atoms with Crippen molar-refractivity contribution in [2.45, 2.75) is 33.6 Å². The Morgan fingerprint density at radius 1 is 1.25 bits per heavy atom. The van der Waals surface area contributed by atoms with Gasteiger partial charge in [-0.05, 0) is 49.1 Å². The summed E-state index contributed by atoms with van der Waals surface area (Å²) in [4.78, 5) is 28.5. The molecule has 2 amide bonds. The predicted octanol–water partition coefficient (Wildman–Crippen LogP) is 2.82. The van der Waals surface area contributed by atoms with E-state index in [0.717, 1.165) is 6.42 Å². The zero-order chi connectivity index (χ0) is 20.5. The zero-order valence-electron chi connectivity index (χ0n) is 17.4. The third-order valence-electron chi connectivity index (χ3n) is 5.58. The van der Waals surface area contributed by atoms with Gasteiger partial charge in [-0.15, -0.1) is 0 Å². The van der Waals surface area contributed by atoms with Gasteiger partial charge in [-0.3, -0.25) is 14.6 Å². The maximum Gasteiger partial charge on any atom is 0.251 e. The minimum Gasteiger partial charge on any atom is -0.383 e. The molecule has 0 saturated carbocycles. The first kappa shape index (κ1) is 22.1. The molecule has 1 aliphatic carbocycles. The fraction of sp³-hybridized carbons (Fsp3) is 0.591. The first-order valence-corrected chi connectivity index (χ1v) is 10.0. The average molecular weight is 388 g/mol. The fourth-order valence-electron chi connectivity index (χ4n) is 3.91. The number of rotatable bonds is 9. The summed E-state index contributed by atoms with van der Waals surface area (Å²) >= 11 is 0. The molecule has 0 spiro atoms. The van der Waals surface area contributed by atoms with E-state index in [1.807, 2.05) is 0 Å². The van der Waals surface area contributed by atoms with E-state index in [1.54, 1.807) is 31.6 Å². The van der Waals surface area contributed by atoms with E-state index < -0.39 is 0 Å². The van der Waals surface area contributed by atoms with Crippen LogP contribution in [0.3, 0.4) is 0 Å². The third-order valence-corrected chi connectivity index (χ3v) is 5.58. The summed E-state index contributed by atoms with van der Waals surface area (Å²) in [6.45, 7) is 8.20. The molecule has 0 saturated heterocycles. The van der Waals surface area contributed by atoms with Crippen molar-refractivity contribution < 1.29 is 14.3 Å². The summed E-state index contributed by atoms with van der Waals surface area (Å²) in [5.41, 5.74) is 1.86. The van der Waals surface area contributed by atoms with Crippen LogP contribution in [0.1, 0.15) is 44.0 Å². The maximum atomic E-state index is 12.4. The van der Waals surface area contributed by atoms with E-state index in [1.165, 1.54) is 5.57 Å². The Hall–Kier alpha value is -2.21. The van der Waals surface area contributed by atoms with Crippen LogP contribution in [0, 0.1) is 23.7 Å². The lowest BCUT2D eigenvalue weighted by atomic mass is 9.69. The molecule has 6 heteroatoms. The monoisotopic (exact) mass is 387 g/mol. The van der Waals surface area contributed by atoms with E-state index in [4.69, 9.17) is 4.74 Å². The van der Waals surface area contributed by atoms with Crippen molar-refractivity contribution in [3.8, 4) is 0 Å². The van der Waals surface area contributed by atoms with Crippen LogP contribution in [0.2, 0.25) is 0 Å². The maximum absolute atomic E-state index is 12.4. The molecule has 0 aromatic carbocycles. The highest BCUT2D eigenvalue weighted by Gasteiger charge is 2.32. The van der Waals surface area contributed by atoms with Gasteiger partial charge in [-0.25, -0.2) is 0 Å². The molecule has 0 unspecified atom stereocenters. The second-order valence-electron chi connectivity index (χ2n) is 7.91. The van der Waals surface area contributed by atoms with Gasteiger partial charge in [0.15, 0.2) is 0 Å². The first-order valence-electron chi connectivity index (χ1n) is 10.0. The topological polar surface area (TPSA) is 80.3 Å². The normalized spacial score (nSPS) is 21.9. The van der Waals surface area contributed by atoms with Crippen molar-refractivity contribution >= 4 is 11.8 Å². The average Bonchev–Trinajstić information content (AvgIpc) is 2.68. The van der Waals surface area contributed by atoms with Gasteiger partial charge in [0.05, 0.1) is 6.61 Å². The van der Waals surface area contributed by atoms with E-state index in [0.29, 0.717) is 43.5 Å². The van der Waals surface area contributed by atoms with Gasteiger partial charge >= 0.3 is 0 Å². The van der Waals surface area contributed by atoms with Gasteiger partial charge < -0.3 is 15.4 Å². The highest BCUT2D eigenvalue weighted by Crippen LogP contribution is 2.38. The van der Waals surface area contributed by atoms with Gasteiger partial charge in [-0.1, -0.05) is 25.5 Å². The number of amides is 2. The quantitative estimate of drug-likeness (QED) is 0.504. The molecule has 1 heterocycles. The molecular formula is C22H33N3O3. The van der Waals surface area contributed by atoms with Crippen molar-refractivity contribution in [3.05, 3.63) is 41.7 Å². The smallest absolute Gasteiger partial charge is 0.251 e. The lowest BCUT2D eigenvalue weighted by Gasteiger charge is -2.37. The molecule has 1 aromatic heterocycles. The molecule has 0 radical (unpaired) electrons. The number of aromatic nitrogens is 1. The SMILES string of the molecule is COCCNC(=O)C[C@@H]1C[C@@H](C(C)C)[C@H](CNC(=O)c2ccncc2)C=C1C. The Labute approximate surface area is 168 Å². The van der Waals surface area contributed by atoms with Crippen molar-refractivity contribution in [3.63, 3.8) is 0 Å². The largest absolute Gasteiger partial charge is 0.383 e. The van der Waals surface area contributed by atoms with E-state index in [9.17, 15) is 9.59 Å². The minimum absolute atomic E-state index is 0.0711. The Morgan fingerprint density at radius 2 is 1.96 bits per heavy atom. The molecule has 0 bridgehead atoms. The van der Waals surface area contributed by atoms with Crippen LogP contribution in [-0.4, -0.2) is 43.6 Å². The summed E-state index contributed by atoms with van der Waals surface area (Å²) in [5.74, 6) is 1.43. The number of hydrogen-bond donors (Lipinski definition) is 2. The molecule has 0 fully saturated rings. The Kier molecular flexibility index (Phi) is 8.64. The molecule has 2 rings (SSSR count). The van der Waals surface area contributed by atoms with Crippen molar-refractivity contribution in [1.29, 1.82) is 0 Å². The van der Waals surface area contributed by atoms with Crippen LogP contribution in [0.4, 0.5) is 0 Å². The second-order valence-corrected chi connectivity index (χ2v) is 7.91. The van der Waals surface area contributed by atoms with Crippen molar-refractivity contribution in [1.82, 2.24) is 15.6 Å². The van der Waals surface area contributed by atoms with Crippen LogP contribution < -0.4 is 10.6 Å². The summed E-state index contributed by atoms with van der Waals surface area (Å²) in [6, 6.07) is 3.44. The minimum atomic E-state index is -0.0735. The molecule has 6 nitrogen and oxygen atoms in total. The second kappa shape index (κ2) is 11.0. The van der Waals surface area contributed by atoms with Crippen LogP contribution in [-0.2, 0) is 9.53 Å². The number of ether oxygens (including phenoxy) is 1. The molecule has 1 aromatic rings. The van der Waals surface area contributed by atoms with Crippen LogP contribution in [0.15, 0.2) is 36.2 Å². The standard InChI is InChI=1S/C22H33N3O3/c1-15(2)20-12-18(13-21(26)24-9-10-28-4)16(3)11-19(20)14-25-22(27)17-5-7-23-8-6-17/h5-8,11,15,18-20H,9-10,12-14H2,1-4H3,(H,24,26)(H,25,27)/t18-,19-,20-/m0/s1. The number of nitrogens with zero attached hydrogens (tertiary/aromatic N) is 1. The lowest BCUT2D eigenvalue weighted by molar-refractivity contribution is -0.122.